The third-order valence-electron chi connectivity index (χ3n) is 18.4. The maximum Gasteiger partial charge on any atom is 0.247 e. The van der Waals surface area contributed by atoms with Crippen molar-refractivity contribution < 1.29 is 108 Å². The number of amidine groups is 1. The van der Waals surface area contributed by atoms with Crippen LogP contribution < -0.4 is 62.9 Å². The number of ether oxygens (including phenoxy) is 6. The number of aliphatic hydroxyl groups excluding tert-OH is 7. The highest BCUT2D eigenvalue weighted by molar-refractivity contribution is 6.32. The quantitative estimate of drug-likeness (QED) is 0.0733. The lowest BCUT2D eigenvalue weighted by Gasteiger charge is -2.47. The van der Waals surface area contributed by atoms with E-state index >= 15 is 9.59 Å². The predicted octanol–water partition coefficient (Wildman–Crippen LogP) is 0.855. The largest absolute Gasteiger partial charge is 0.508 e. The van der Waals surface area contributed by atoms with E-state index < -0.39 is 205 Å². The number of likely N-dealkylation sites (N-methyl/N-ethyl adjacent to an activating group) is 1. The van der Waals surface area contributed by atoms with E-state index in [0.29, 0.717) is 0 Å². The van der Waals surface area contributed by atoms with Crippen LogP contribution in [0, 0.1) is 11.3 Å². The highest BCUT2D eigenvalue weighted by Gasteiger charge is 2.52. The molecule has 32 nitrogen and oxygen atoms in total. The van der Waals surface area contributed by atoms with Gasteiger partial charge in [-0.3, -0.25) is 34.2 Å². The van der Waals surface area contributed by atoms with Crippen LogP contribution in [0.4, 0.5) is 0 Å². The molecule has 5 aromatic carbocycles. The van der Waals surface area contributed by atoms with E-state index in [1.807, 2.05) is 13.8 Å². The summed E-state index contributed by atoms with van der Waals surface area (Å²) >= 11 is 14.2. The second kappa shape index (κ2) is 30.9. The molecule has 7 aliphatic rings. The average Bonchev–Trinajstić information content (AvgIpc) is 0.770. The molecule has 18 atom stereocenters. The summed E-state index contributed by atoms with van der Waals surface area (Å²) in [5.41, 5.74) is 9.60. The molecule has 0 spiro atoms. The van der Waals surface area contributed by atoms with Crippen LogP contribution in [0.5, 0.6) is 46.0 Å². The molecule has 22 N–H and O–H groups in total. The Labute approximate surface area is 587 Å². The van der Waals surface area contributed by atoms with E-state index in [4.69, 9.17) is 63.1 Å². The van der Waals surface area contributed by atoms with E-state index in [1.54, 1.807) is 6.92 Å². The molecule has 34 heteroatoms. The van der Waals surface area contributed by atoms with E-state index in [2.05, 4.69) is 37.2 Å². The molecule has 6 amide bonds. The zero-order valence-electron chi connectivity index (χ0n) is 54.9. The molecule has 11 bridgehead atoms. The summed E-state index contributed by atoms with van der Waals surface area (Å²) in [5.74, 6) is -12.1. The maximum absolute atomic E-state index is 15.5. The third kappa shape index (κ3) is 15.8. The molecule has 2 saturated heterocycles. The number of carbonyl (C=O) groups excluding carboxylic acids is 6. The predicted molar refractivity (Wildman–Crippen MR) is 356 cm³/mol. The number of rotatable bonds is 14. The fourth-order valence-corrected chi connectivity index (χ4v) is 13.2. The van der Waals surface area contributed by atoms with Crippen molar-refractivity contribution in [1.82, 2.24) is 37.2 Å². The van der Waals surface area contributed by atoms with Crippen LogP contribution in [0.1, 0.15) is 112 Å². The molecule has 7 aliphatic heterocycles. The van der Waals surface area contributed by atoms with Gasteiger partial charge in [-0.1, -0.05) is 62.2 Å². The summed E-state index contributed by atoms with van der Waals surface area (Å²) in [6.07, 6.45) is -17.7. The Morgan fingerprint density at radius 3 is 1.95 bits per heavy atom. The monoisotopic (exact) mass is 1450 g/mol. The molecule has 0 saturated carbocycles. The number of amides is 6. The van der Waals surface area contributed by atoms with Crippen LogP contribution in [-0.4, -0.2) is 192 Å². The number of carbonyl (C=O) groups is 6. The normalized spacial score (nSPS) is 29.5. The van der Waals surface area contributed by atoms with Crippen LogP contribution >= 0.6 is 23.2 Å². The fourth-order valence-electron chi connectivity index (χ4n) is 12.8. The number of primary amides is 1. The average molecular weight is 1450 g/mol. The van der Waals surface area contributed by atoms with Crippen LogP contribution in [-0.2, 0) is 43.0 Å². The number of phenols is 3. The standard InChI is InChI=1S/C67H80Cl2N10O22/c1-6-67(72)22-47(96-26(4)59(67)90)100-58-56(89)55(88)45(24-81)99-66(58)101-57-43-17-30-18-44(57)98-42-12-9-29(16-35(42)69)54(87)52-65(95)75-38(23-80)32-19-31(82)20-40(84)48(32)33-14-27(7-10-39(33)83)50(63(93)79-52)76-60(71)49(30)77-62(92)37(21-46(70)85)74-64(94)51(78-61(91)36(73-5)13-25(2)3)53(86)28-8-11-41(97-43)34(68)15-28/h7-12,14-20,25-26,36-38,45,47,49-56,58-59,66,73,80-84,86-90H,6,13,21-24,72H2,1-5H3,(H2,70,85)(H2,71,76)(H,74,94)(H,75,95)(H,77,92)(H,78,91)(H,79,93)/t26?,36-,37+,38-,45?,47+,49-,50-,51-,52+,53-,54-,55?,56+,58?,59-,66-,67?/m1/s1. The molecule has 5 aromatic rings. The fraction of sp³-hybridized carbons (Fsp3) is 0.448. The highest BCUT2D eigenvalue weighted by Crippen LogP contribution is 2.50. The van der Waals surface area contributed by atoms with Crippen LogP contribution in [0.3, 0.4) is 0 Å². The van der Waals surface area contributed by atoms with Gasteiger partial charge in [0.15, 0.2) is 23.9 Å². The number of hydrogen-bond donors (Lipinski definition) is 20. The van der Waals surface area contributed by atoms with Crippen molar-refractivity contribution in [2.24, 2.45) is 17.4 Å². The molecule has 0 radical (unpaired) electrons. The summed E-state index contributed by atoms with van der Waals surface area (Å²) in [7, 11) is 1.49. The Morgan fingerprint density at radius 1 is 0.723 bits per heavy atom. The number of halogens is 2. The van der Waals surface area contributed by atoms with Crippen molar-refractivity contribution in [3.05, 3.63) is 117 Å². The van der Waals surface area contributed by atoms with E-state index in [9.17, 15) is 75.7 Å². The molecule has 2 fully saturated rings. The SMILES string of the molecule is CCC1(N)C[C@H](OC2[C@@H](Oc3c4cc5cc3Oc3ccc(cc3Cl)[C@@H](O)[C@@H](NC(=O)[C@@H](CC(C)C)NC)C(=O)N[C@@H](CC(N)=O)C(=O)N[C@H]5C(=N)N[C@H]3C(=O)N[C@H](C(=O)N[C@H](CO)c5cc(O)cc(O)c5-c5cc3ccc5O)[C@H](O)c3ccc(c(Cl)c3)O4)OC(CO)C(O)[C@@H]2O)OC(C)[C@H]1O. The molecule has 0 aliphatic carbocycles. The topological polar surface area (TPSA) is 520 Å². The first kappa shape index (κ1) is 75.0. The summed E-state index contributed by atoms with van der Waals surface area (Å²) in [6.45, 7) is 5.04. The number of nitrogens with two attached hydrogens (primary N) is 2. The van der Waals surface area contributed by atoms with Gasteiger partial charge in [-0.05, 0) is 115 Å². The van der Waals surface area contributed by atoms with Crippen molar-refractivity contribution in [2.45, 2.75) is 163 Å². The van der Waals surface area contributed by atoms with Gasteiger partial charge in [0.05, 0.1) is 54.0 Å². The number of nitrogens with one attached hydrogen (secondary N) is 8. The number of hydrogen-bond acceptors (Lipinski definition) is 25. The number of aromatic hydroxyl groups is 3. The first-order chi connectivity index (χ1) is 47.8. The second-order valence-corrected chi connectivity index (χ2v) is 26.6. The van der Waals surface area contributed by atoms with Crippen molar-refractivity contribution in [3.8, 4) is 57.1 Å². The Balaban J connectivity index is 1.24. The Kier molecular flexibility index (Phi) is 22.9. The molecular formula is C67H80Cl2N10O22. The lowest BCUT2D eigenvalue weighted by molar-refractivity contribution is -0.334. The molecule has 0 aromatic heterocycles. The number of benzene rings is 5. The van der Waals surface area contributed by atoms with E-state index in [0.717, 1.165) is 36.4 Å². The summed E-state index contributed by atoms with van der Waals surface area (Å²) in [6, 6.07) is 2.19. The second-order valence-electron chi connectivity index (χ2n) is 25.8. The number of aliphatic hydroxyl groups is 7. The van der Waals surface area contributed by atoms with Gasteiger partial charge in [-0.2, -0.15) is 0 Å². The van der Waals surface area contributed by atoms with Crippen molar-refractivity contribution in [2.75, 3.05) is 20.3 Å². The molecule has 12 rings (SSSR count). The van der Waals surface area contributed by atoms with Crippen molar-refractivity contribution in [1.29, 1.82) is 5.41 Å². The first-order valence-electron chi connectivity index (χ1n) is 32.2. The van der Waals surface area contributed by atoms with Gasteiger partial charge in [0, 0.05) is 29.2 Å². The summed E-state index contributed by atoms with van der Waals surface area (Å²) in [5, 5.41) is 143. The van der Waals surface area contributed by atoms with Gasteiger partial charge in [0.25, 0.3) is 0 Å². The minimum absolute atomic E-state index is 0.0765. The van der Waals surface area contributed by atoms with Gasteiger partial charge in [0.2, 0.25) is 47.5 Å². The van der Waals surface area contributed by atoms with Gasteiger partial charge in [-0.25, -0.2) is 0 Å². The molecule has 5 unspecified atom stereocenters. The number of fused-ring (bicyclic) bond motifs is 15. The minimum atomic E-state index is -2.09. The smallest absolute Gasteiger partial charge is 0.247 e. The van der Waals surface area contributed by atoms with E-state index in [-0.39, 0.29) is 85.7 Å². The Bertz CT molecular complexity index is 4010. The number of phenolic OH excluding ortho intramolecular Hbond substituents is 3. The van der Waals surface area contributed by atoms with Gasteiger partial charge < -0.3 is 128 Å². The first-order valence-corrected chi connectivity index (χ1v) is 33.0. The van der Waals surface area contributed by atoms with Crippen LogP contribution in [0.25, 0.3) is 11.1 Å². The lowest BCUT2D eigenvalue weighted by atomic mass is 9.82. The Hall–Kier alpha value is -8.71. The van der Waals surface area contributed by atoms with Crippen LogP contribution in [0.15, 0.2) is 78.9 Å². The Morgan fingerprint density at radius 2 is 1.36 bits per heavy atom. The minimum Gasteiger partial charge on any atom is -0.508 e. The van der Waals surface area contributed by atoms with Gasteiger partial charge >= 0.3 is 0 Å². The van der Waals surface area contributed by atoms with E-state index in [1.165, 1.54) is 56.4 Å². The van der Waals surface area contributed by atoms with Gasteiger partial charge in [-0.15, -0.1) is 0 Å². The molecule has 544 valence electrons. The lowest BCUT2D eigenvalue weighted by Crippen LogP contribution is -2.65. The summed E-state index contributed by atoms with van der Waals surface area (Å²) < 4.78 is 38.8. The van der Waals surface area contributed by atoms with Crippen molar-refractivity contribution >= 4 is 64.5 Å². The highest BCUT2D eigenvalue weighted by atomic mass is 35.5. The van der Waals surface area contributed by atoms with Crippen molar-refractivity contribution in [3.63, 3.8) is 0 Å². The molecular weight excluding hydrogens is 1370 g/mol. The summed E-state index contributed by atoms with van der Waals surface area (Å²) in [4.78, 5) is 87.8. The third-order valence-corrected chi connectivity index (χ3v) is 18.9. The molecule has 7 heterocycles. The maximum atomic E-state index is 15.5. The zero-order valence-corrected chi connectivity index (χ0v) is 56.4. The van der Waals surface area contributed by atoms with Gasteiger partial charge in [0.1, 0.15) is 95.3 Å². The van der Waals surface area contributed by atoms with Crippen LogP contribution in [0.2, 0.25) is 10.0 Å². The molecule has 101 heavy (non-hydrogen) atoms. The zero-order chi connectivity index (χ0) is 73.4.